The molecule has 2 unspecified atom stereocenters. The van der Waals surface area contributed by atoms with E-state index in [0.717, 1.165) is 11.8 Å². The van der Waals surface area contributed by atoms with E-state index in [1.807, 2.05) is 13.8 Å². The summed E-state index contributed by atoms with van der Waals surface area (Å²) in [4.78, 5) is 0. The third-order valence-corrected chi connectivity index (χ3v) is 2.54. The highest BCUT2D eigenvalue weighted by molar-refractivity contribution is 4.67. The molecule has 2 atom stereocenters. The van der Waals surface area contributed by atoms with Crippen molar-refractivity contribution < 1.29 is 0 Å². The van der Waals surface area contributed by atoms with Crippen LogP contribution in [-0.4, -0.2) is 0 Å². The smallest absolute Gasteiger partial charge is 0.0417 e. The molecule has 0 aromatic carbocycles. The fraction of sp³-hybridized carbons (Fsp3) is 1.00. The largest absolute Gasteiger partial charge is 0.0776 e. The van der Waals surface area contributed by atoms with Crippen LogP contribution in [0.4, 0.5) is 0 Å². The van der Waals surface area contributed by atoms with E-state index in [4.69, 9.17) is 0 Å². The minimum absolute atomic E-state index is 0. The molecule has 94 valence electrons. The average molecular weight is 206 g/mol. The minimum Gasteiger partial charge on any atom is -0.0776 e. The summed E-state index contributed by atoms with van der Waals surface area (Å²) in [6.45, 7) is 8.76. The second-order valence-electron chi connectivity index (χ2n) is 3.24. The van der Waals surface area contributed by atoms with Gasteiger partial charge >= 0.3 is 0 Å². The number of hydrogen-bond donors (Lipinski definition) is 0. The molecule has 0 radical (unpaired) electrons. The first-order chi connectivity index (χ1) is 4.80. The molecule has 0 heteroatoms. The quantitative estimate of drug-likeness (QED) is 0.430. The molecule has 1 rings (SSSR count). The van der Waals surface area contributed by atoms with Crippen molar-refractivity contribution in [2.45, 2.75) is 83.1 Å². The van der Waals surface area contributed by atoms with E-state index in [1.165, 1.54) is 25.7 Å². The van der Waals surface area contributed by atoms with Crippen LogP contribution in [0.15, 0.2) is 0 Å². The van der Waals surface area contributed by atoms with Crippen molar-refractivity contribution in [2.75, 3.05) is 0 Å². The molecule has 0 aliphatic heterocycles. The van der Waals surface area contributed by atoms with E-state index in [-0.39, 0.29) is 29.7 Å². The highest BCUT2D eigenvalue weighted by Crippen LogP contribution is 2.28. The second kappa shape index (κ2) is 18.7. The molecule has 0 bridgehead atoms. The van der Waals surface area contributed by atoms with Crippen LogP contribution in [0.1, 0.15) is 83.1 Å². The molecule has 1 aliphatic rings. The normalized spacial score (nSPS) is 23.1. The summed E-state index contributed by atoms with van der Waals surface area (Å²) in [5.41, 5.74) is 0. The molecule has 0 aromatic heterocycles. The van der Waals surface area contributed by atoms with Crippen molar-refractivity contribution in [1.82, 2.24) is 0 Å². The van der Waals surface area contributed by atoms with Gasteiger partial charge in [-0.2, -0.15) is 0 Å². The van der Waals surface area contributed by atoms with Gasteiger partial charge in [0.1, 0.15) is 0 Å². The fourth-order valence-corrected chi connectivity index (χ4v) is 1.50. The van der Waals surface area contributed by atoms with Gasteiger partial charge in [-0.1, -0.05) is 83.1 Å². The zero-order chi connectivity index (χ0) is 7.98. The SMILES string of the molecule is C.C.C.C.CC.CC1CCCCC1C. The Morgan fingerprint density at radius 3 is 1.00 bits per heavy atom. The number of hydrogen-bond acceptors (Lipinski definition) is 0. The molecule has 0 N–H and O–H groups in total. The maximum absolute atomic E-state index is 2.38. The Morgan fingerprint density at radius 2 is 0.857 bits per heavy atom. The summed E-state index contributed by atoms with van der Waals surface area (Å²) in [5.74, 6) is 2.01. The molecule has 0 aromatic rings. The maximum Gasteiger partial charge on any atom is -0.0417 e. The Bertz CT molecular complexity index is 56.4. The Balaban J connectivity index is -0.0000000425. The van der Waals surface area contributed by atoms with Crippen molar-refractivity contribution in [3.63, 3.8) is 0 Å². The predicted molar refractivity (Wildman–Crippen MR) is 75.1 cm³/mol. The van der Waals surface area contributed by atoms with Gasteiger partial charge < -0.3 is 0 Å². The molecule has 0 nitrogen and oxygen atoms in total. The van der Waals surface area contributed by atoms with Crippen LogP contribution in [0.5, 0.6) is 0 Å². The first-order valence-electron chi connectivity index (χ1n) is 4.80. The third-order valence-electron chi connectivity index (χ3n) is 2.54. The van der Waals surface area contributed by atoms with Crippen molar-refractivity contribution in [2.24, 2.45) is 11.8 Å². The Labute approximate surface area is 95.5 Å². The summed E-state index contributed by atoms with van der Waals surface area (Å²) < 4.78 is 0. The Hall–Kier alpha value is 0. The monoisotopic (exact) mass is 206 g/mol. The minimum atomic E-state index is 0. The van der Waals surface area contributed by atoms with E-state index in [9.17, 15) is 0 Å². The van der Waals surface area contributed by atoms with Crippen LogP contribution < -0.4 is 0 Å². The molecule has 0 spiro atoms. The topological polar surface area (TPSA) is 0 Å². The van der Waals surface area contributed by atoms with Crippen LogP contribution in [0.25, 0.3) is 0 Å². The van der Waals surface area contributed by atoms with Crippen LogP contribution in [0, 0.1) is 11.8 Å². The van der Waals surface area contributed by atoms with Crippen LogP contribution in [0.3, 0.4) is 0 Å². The van der Waals surface area contributed by atoms with E-state index in [1.54, 1.807) is 0 Å². The fourth-order valence-electron chi connectivity index (χ4n) is 1.50. The lowest BCUT2D eigenvalue weighted by Gasteiger charge is -2.24. The summed E-state index contributed by atoms with van der Waals surface area (Å²) >= 11 is 0. The van der Waals surface area contributed by atoms with Gasteiger partial charge in [0.15, 0.2) is 0 Å². The number of rotatable bonds is 0. The van der Waals surface area contributed by atoms with Gasteiger partial charge in [0.2, 0.25) is 0 Å². The highest BCUT2D eigenvalue weighted by Gasteiger charge is 2.15. The highest BCUT2D eigenvalue weighted by atomic mass is 14.2. The molecule has 1 saturated carbocycles. The van der Waals surface area contributed by atoms with Crippen LogP contribution >= 0.6 is 0 Å². The van der Waals surface area contributed by atoms with Crippen molar-refractivity contribution in [3.05, 3.63) is 0 Å². The van der Waals surface area contributed by atoms with Gasteiger partial charge in [-0.25, -0.2) is 0 Å². The standard InChI is InChI=1S/C8H16.C2H6.4CH4/c1-7-5-3-4-6-8(7)2;1-2;;;;/h7-8H,3-6H2,1-2H3;1-2H3;4*1H4. The van der Waals surface area contributed by atoms with Gasteiger partial charge in [-0.15, -0.1) is 0 Å². The predicted octanol–water partition coefficient (Wildman–Crippen LogP) is 6.40. The van der Waals surface area contributed by atoms with Crippen molar-refractivity contribution in [3.8, 4) is 0 Å². The zero-order valence-corrected chi connectivity index (χ0v) is 7.98. The molecule has 0 amide bonds. The first kappa shape index (κ1) is 29.2. The summed E-state index contributed by atoms with van der Waals surface area (Å²) in [5, 5.41) is 0. The lowest BCUT2D eigenvalue weighted by Crippen LogP contribution is -2.12. The van der Waals surface area contributed by atoms with Crippen LogP contribution in [-0.2, 0) is 0 Å². The average Bonchev–Trinajstić information content (AvgIpc) is 2.00. The summed E-state index contributed by atoms with van der Waals surface area (Å²) in [7, 11) is 0. The molecule has 1 fully saturated rings. The second-order valence-corrected chi connectivity index (χ2v) is 3.24. The first-order valence-corrected chi connectivity index (χ1v) is 4.80. The summed E-state index contributed by atoms with van der Waals surface area (Å²) in [6.07, 6.45) is 5.90. The molecular weight excluding hydrogens is 168 g/mol. The molecule has 14 heavy (non-hydrogen) atoms. The molecule has 0 saturated heterocycles. The van der Waals surface area contributed by atoms with Gasteiger partial charge in [-0.3, -0.25) is 0 Å². The Kier molecular flexibility index (Phi) is 39.1. The zero-order valence-electron chi connectivity index (χ0n) is 7.98. The van der Waals surface area contributed by atoms with E-state index in [2.05, 4.69) is 13.8 Å². The molecule has 0 heterocycles. The van der Waals surface area contributed by atoms with Gasteiger partial charge in [0, 0.05) is 0 Å². The van der Waals surface area contributed by atoms with Gasteiger partial charge in [0.25, 0.3) is 0 Å². The maximum atomic E-state index is 2.38. The van der Waals surface area contributed by atoms with Crippen molar-refractivity contribution >= 4 is 0 Å². The van der Waals surface area contributed by atoms with E-state index in [0.29, 0.717) is 0 Å². The van der Waals surface area contributed by atoms with Crippen LogP contribution in [0.2, 0.25) is 0 Å². The third kappa shape index (κ3) is 12.0. The lowest BCUT2D eigenvalue weighted by atomic mass is 9.82. The molecular formula is C14H38. The Morgan fingerprint density at radius 1 is 0.643 bits per heavy atom. The van der Waals surface area contributed by atoms with Gasteiger partial charge in [-0.05, 0) is 11.8 Å². The lowest BCUT2D eigenvalue weighted by molar-refractivity contribution is 0.277. The van der Waals surface area contributed by atoms with E-state index < -0.39 is 0 Å². The molecule has 1 aliphatic carbocycles. The summed E-state index contributed by atoms with van der Waals surface area (Å²) in [6, 6.07) is 0. The van der Waals surface area contributed by atoms with Crippen molar-refractivity contribution in [1.29, 1.82) is 0 Å². The van der Waals surface area contributed by atoms with Gasteiger partial charge in [0.05, 0.1) is 0 Å². The van der Waals surface area contributed by atoms with E-state index >= 15 is 0 Å².